The van der Waals surface area contributed by atoms with Crippen LogP contribution in [0.25, 0.3) is 0 Å². The Hall–Kier alpha value is -2.37. The van der Waals surface area contributed by atoms with Gasteiger partial charge in [-0.1, -0.05) is 36.4 Å². The highest BCUT2D eigenvalue weighted by atomic mass is 16.5. The molecule has 1 atom stereocenters. The molecule has 0 heterocycles. The number of methoxy groups -OCH3 is 1. The van der Waals surface area contributed by atoms with Gasteiger partial charge in [-0.2, -0.15) is 0 Å². The summed E-state index contributed by atoms with van der Waals surface area (Å²) in [7, 11) is 1.61. The van der Waals surface area contributed by atoms with E-state index in [1.54, 1.807) is 19.2 Å². The van der Waals surface area contributed by atoms with Crippen LogP contribution in [-0.2, 0) is 15.9 Å². The number of rotatable bonds is 9. The van der Waals surface area contributed by atoms with Crippen molar-refractivity contribution in [3.05, 3.63) is 65.2 Å². The van der Waals surface area contributed by atoms with Gasteiger partial charge in [0.2, 0.25) is 0 Å². The van der Waals surface area contributed by atoms with Crippen LogP contribution in [0.2, 0.25) is 0 Å². The number of nitrogens with one attached hydrogen (secondary N) is 1. The van der Waals surface area contributed by atoms with Gasteiger partial charge < -0.3 is 19.9 Å². The summed E-state index contributed by atoms with van der Waals surface area (Å²) in [5, 5.41) is 12.9. The number of phenolic OH excluding ortho intramolecular Hbond substituents is 1. The van der Waals surface area contributed by atoms with Crippen LogP contribution in [0.4, 0.5) is 0 Å². The number of aromatic hydroxyl groups is 1. The second kappa shape index (κ2) is 9.81. The molecule has 2 N–H and O–H groups in total. The van der Waals surface area contributed by atoms with Crippen molar-refractivity contribution in [3.63, 3.8) is 0 Å². The number of amides is 1. The molecule has 0 fully saturated rings. The Labute approximate surface area is 148 Å². The normalized spacial score (nSPS) is 11.9. The van der Waals surface area contributed by atoms with Crippen LogP contribution in [0.5, 0.6) is 5.75 Å². The standard InChI is InChI=1S/C20H25NO4/c1-15(14-25-11-10-24-2)21-20(23)18-13-17(8-9-19(18)22)12-16-6-4-3-5-7-16/h3-9,13,15,22H,10-12,14H2,1-2H3,(H,21,23). The first-order valence-electron chi connectivity index (χ1n) is 8.33. The Balaban J connectivity index is 1.97. The minimum atomic E-state index is -0.310. The number of benzene rings is 2. The molecule has 25 heavy (non-hydrogen) atoms. The molecule has 0 saturated heterocycles. The molecular formula is C20H25NO4. The zero-order valence-corrected chi connectivity index (χ0v) is 14.7. The molecule has 0 aliphatic carbocycles. The minimum absolute atomic E-state index is 0.0261. The molecule has 134 valence electrons. The first kappa shape index (κ1) is 19.0. The molecule has 0 bridgehead atoms. The number of phenols is 1. The topological polar surface area (TPSA) is 67.8 Å². The van der Waals surface area contributed by atoms with Crippen molar-refractivity contribution >= 4 is 5.91 Å². The maximum Gasteiger partial charge on any atom is 0.255 e. The van der Waals surface area contributed by atoms with E-state index < -0.39 is 0 Å². The molecular weight excluding hydrogens is 318 g/mol. The zero-order chi connectivity index (χ0) is 18.1. The zero-order valence-electron chi connectivity index (χ0n) is 14.7. The molecule has 2 aromatic carbocycles. The van der Waals surface area contributed by atoms with Crippen molar-refractivity contribution in [2.24, 2.45) is 0 Å². The molecule has 0 aliphatic rings. The van der Waals surface area contributed by atoms with E-state index in [4.69, 9.17) is 9.47 Å². The SMILES string of the molecule is COCCOCC(C)NC(=O)c1cc(Cc2ccccc2)ccc1O. The molecule has 0 aromatic heterocycles. The predicted molar refractivity (Wildman–Crippen MR) is 97.0 cm³/mol. The maximum atomic E-state index is 12.4. The van der Waals surface area contributed by atoms with E-state index in [-0.39, 0.29) is 23.3 Å². The van der Waals surface area contributed by atoms with Crippen LogP contribution in [0, 0.1) is 0 Å². The number of carbonyl (C=O) groups excluding carboxylic acids is 1. The van der Waals surface area contributed by atoms with Crippen molar-refractivity contribution < 1.29 is 19.4 Å². The first-order chi connectivity index (χ1) is 12.1. The molecule has 0 aliphatic heterocycles. The summed E-state index contributed by atoms with van der Waals surface area (Å²) in [5.41, 5.74) is 2.40. The number of ether oxygens (including phenoxy) is 2. The van der Waals surface area contributed by atoms with Gasteiger partial charge in [0.15, 0.2) is 0 Å². The molecule has 0 radical (unpaired) electrons. The lowest BCUT2D eigenvalue weighted by atomic mass is 10.0. The highest BCUT2D eigenvalue weighted by Crippen LogP contribution is 2.20. The number of carbonyl (C=O) groups is 1. The highest BCUT2D eigenvalue weighted by Gasteiger charge is 2.15. The Bertz CT molecular complexity index is 673. The fourth-order valence-corrected chi connectivity index (χ4v) is 2.45. The summed E-state index contributed by atoms with van der Waals surface area (Å²) in [6.45, 7) is 3.24. The van der Waals surface area contributed by atoms with Gasteiger partial charge in [-0.05, 0) is 36.6 Å². The van der Waals surface area contributed by atoms with Gasteiger partial charge in [-0.15, -0.1) is 0 Å². The van der Waals surface area contributed by atoms with E-state index in [9.17, 15) is 9.90 Å². The number of hydrogen-bond donors (Lipinski definition) is 2. The minimum Gasteiger partial charge on any atom is -0.507 e. The van der Waals surface area contributed by atoms with Gasteiger partial charge in [-0.3, -0.25) is 4.79 Å². The lowest BCUT2D eigenvalue weighted by Gasteiger charge is -2.15. The fraction of sp³-hybridized carbons (Fsp3) is 0.350. The molecule has 5 heteroatoms. The third-order valence-electron chi connectivity index (χ3n) is 3.73. The van der Waals surface area contributed by atoms with Crippen molar-refractivity contribution in [2.75, 3.05) is 26.9 Å². The summed E-state index contributed by atoms with van der Waals surface area (Å²) >= 11 is 0. The Morgan fingerprint density at radius 3 is 2.60 bits per heavy atom. The second-order valence-electron chi connectivity index (χ2n) is 5.96. The van der Waals surface area contributed by atoms with Crippen molar-refractivity contribution in [2.45, 2.75) is 19.4 Å². The van der Waals surface area contributed by atoms with Gasteiger partial charge in [-0.25, -0.2) is 0 Å². The lowest BCUT2D eigenvalue weighted by molar-refractivity contribution is 0.0583. The van der Waals surface area contributed by atoms with Gasteiger partial charge in [0, 0.05) is 13.2 Å². The van der Waals surface area contributed by atoms with E-state index in [0.29, 0.717) is 26.2 Å². The molecule has 2 aromatic rings. The molecule has 0 spiro atoms. The molecule has 1 amide bonds. The van der Waals surface area contributed by atoms with Crippen molar-refractivity contribution in [3.8, 4) is 5.75 Å². The van der Waals surface area contributed by atoms with Crippen LogP contribution in [0.15, 0.2) is 48.5 Å². The lowest BCUT2D eigenvalue weighted by Crippen LogP contribution is -2.36. The summed E-state index contributed by atoms with van der Waals surface area (Å²) in [6, 6.07) is 15.0. The van der Waals surface area contributed by atoms with E-state index in [1.807, 2.05) is 43.3 Å². The quantitative estimate of drug-likeness (QED) is 0.687. The molecule has 5 nitrogen and oxygen atoms in total. The summed E-state index contributed by atoms with van der Waals surface area (Å²) in [4.78, 5) is 12.4. The third kappa shape index (κ3) is 6.21. The van der Waals surface area contributed by atoms with E-state index >= 15 is 0 Å². The second-order valence-corrected chi connectivity index (χ2v) is 5.96. The summed E-state index contributed by atoms with van der Waals surface area (Å²) < 4.78 is 10.3. The van der Waals surface area contributed by atoms with E-state index in [1.165, 1.54) is 0 Å². The molecule has 2 rings (SSSR count). The summed E-state index contributed by atoms with van der Waals surface area (Å²) in [6.07, 6.45) is 0.705. The highest BCUT2D eigenvalue weighted by molar-refractivity contribution is 5.97. The average Bonchev–Trinajstić information content (AvgIpc) is 2.61. The third-order valence-corrected chi connectivity index (χ3v) is 3.73. The van der Waals surface area contributed by atoms with E-state index in [2.05, 4.69) is 5.32 Å². The van der Waals surface area contributed by atoms with Gasteiger partial charge in [0.25, 0.3) is 5.91 Å². The van der Waals surface area contributed by atoms with Gasteiger partial charge in [0.05, 0.1) is 25.4 Å². The Kier molecular flexibility index (Phi) is 7.44. The van der Waals surface area contributed by atoms with Crippen LogP contribution in [0.1, 0.15) is 28.4 Å². The van der Waals surface area contributed by atoms with Crippen LogP contribution >= 0.6 is 0 Å². The van der Waals surface area contributed by atoms with Gasteiger partial charge in [0.1, 0.15) is 5.75 Å². The van der Waals surface area contributed by atoms with Crippen molar-refractivity contribution in [1.82, 2.24) is 5.32 Å². The van der Waals surface area contributed by atoms with Crippen LogP contribution in [0.3, 0.4) is 0 Å². The smallest absolute Gasteiger partial charge is 0.255 e. The fourth-order valence-electron chi connectivity index (χ4n) is 2.45. The monoisotopic (exact) mass is 343 g/mol. The Morgan fingerprint density at radius 1 is 1.12 bits per heavy atom. The first-order valence-corrected chi connectivity index (χ1v) is 8.33. The predicted octanol–water partition coefficient (Wildman–Crippen LogP) is 2.76. The molecule has 0 saturated carbocycles. The van der Waals surface area contributed by atoms with Crippen LogP contribution < -0.4 is 5.32 Å². The molecule has 1 unspecified atom stereocenters. The summed E-state index contributed by atoms with van der Waals surface area (Å²) in [5.74, 6) is -0.336. The van der Waals surface area contributed by atoms with Gasteiger partial charge >= 0.3 is 0 Å². The number of hydrogen-bond acceptors (Lipinski definition) is 4. The van der Waals surface area contributed by atoms with E-state index in [0.717, 1.165) is 11.1 Å². The average molecular weight is 343 g/mol. The Morgan fingerprint density at radius 2 is 1.88 bits per heavy atom. The van der Waals surface area contributed by atoms with Crippen LogP contribution in [-0.4, -0.2) is 44.0 Å². The largest absolute Gasteiger partial charge is 0.507 e. The van der Waals surface area contributed by atoms with Crippen molar-refractivity contribution in [1.29, 1.82) is 0 Å². The maximum absolute atomic E-state index is 12.4.